The van der Waals surface area contributed by atoms with Crippen molar-refractivity contribution in [2.24, 2.45) is 0 Å². The third-order valence-corrected chi connectivity index (χ3v) is 4.54. The normalized spacial score (nSPS) is 11.0. The first-order chi connectivity index (χ1) is 11.5. The zero-order chi connectivity index (χ0) is 17.3. The highest BCUT2D eigenvalue weighted by Gasteiger charge is 2.17. The van der Waals surface area contributed by atoms with Crippen LogP contribution in [0, 0.1) is 12.7 Å². The Morgan fingerprint density at radius 3 is 2.71 bits per heavy atom. The van der Waals surface area contributed by atoms with E-state index in [1.807, 2.05) is 6.92 Å². The fourth-order valence-corrected chi connectivity index (χ4v) is 3.62. The number of fused-ring (bicyclic) bond motifs is 1. The third kappa shape index (κ3) is 3.07. The molecule has 0 amide bonds. The summed E-state index contributed by atoms with van der Waals surface area (Å²) in [5.41, 5.74) is 1.18. The van der Waals surface area contributed by atoms with Gasteiger partial charge in [-0.3, -0.25) is 9.59 Å². The van der Waals surface area contributed by atoms with Crippen LogP contribution in [0.15, 0.2) is 29.1 Å². The van der Waals surface area contributed by atoms with Gasteiger partial charge in [-0.25, -0.2) is 9.37 Å². The quantitative estimate of drug-likeness (QED) is 0.736. The maximum absolute atomic E-state index is 13.1. The fourth-order valence-electron chi connectivity index (χ4n) is 2.56. The van der Waals surface area contributed by atoms with Crippen LogP contribution >= 0.6 is 11.3 Å². The Kier molecular flexibility index (Phi) is 4.44. The summed E-state index contributed by atoms with van der Waals surface area (Å²) in [6, 6.07) is 5.98. The zero-order valence-electron chi connectivity index (χ0n) is 13.2. The molecular formula is C17H15FN2O3S. The van der Waals surface area contributed by atoms with Crippen molar-refractivity contribution in [3.63, 3.8) is 0 Å². The van der Waals surface area contributed by atoms with E-state index in [9.17, 15) is 14.0 Å². The molecule has 0 spiro atoms. The SMILES string of the molecule is CCOC(=O)Cc1nc2sc(C)c(-c3ccc(F)cc3)c2c(=O)[nH]1. The number of esters is 1. The van der Waals surface area contributed by atoms with Gasteiger partial charge in [0.2, 0.25) is 0 Å². The van der Waals surface area contributed by atoms with Crippen molar-refractivity contribution in [3.8, 4) is 11.1 Å². The van der Waals surface area contributed by atoms with Crippen LogP contribution in [0.1, 0.15) is 17.6 Å². The summed E-state index contributed by atoms with van der Waals surface area (Å²) in [6.07, 6.45) is -0.0815. The van der Waals surface area contributed by atoms with Gasteiger partial charge in [-0.2, -0.15) is 0 Å². The molecule has 124 valence electrons. The number of nitrogens with one attached hydrogen (secondary N) is 1. The summed E-state index contributed by atoms with van der Waals surface area (Å²) in [7, 11) is 0. The topological polar surface area (TPSA) is 72.0 Å². The minimum Gasteiger partial charge on any atom is -0.466 e. The average molecular weight is 346 g/mol. The van der Waals surface area contributed by atoms with E-state index in [4.69, 9.17) is 4.74 Å². The average Bonchev–Trinajstić information content (AvgIpc) is 2.85. The van der Waals surface area contributed by atoms with Crippen LogP contribution in [0.4, 0.5) is 4.39 Å². The van der Waals surface area contributed by atoms with Gasteiger partial charge in [0.05, 0.1) is 12.0 Å². The number of halogens is 1. The van der Waals surface area contributed by atoms with Crippen molar-refractivity contribution in [1.29, 1.82) is 0 Å². The molecule has 7 heteroatoms. The van der Waals surface area contributed by atoms with Crippen molar-refractivity contribution in [3.05, 3.63) is 51.1 Å². The summed E-state index contributed by atoms with van der Waals surface area (Å²) in [5, 5.41) is 0.455. The second kappa shape index (κ2) is 6.52. The molecule has 0 aliphatic heterocycles. The Hall–Kier alpha value is -2.54. The Labute approximate surface area is 141 Å². The third-order valence-electron chi connectivity index (χ3n) is 3.54. The van der Waals surface area contributed by atoms with Crippen molar-refractivity contribution in [2.45, 2.75) is 20.3 Å². The van der Waals surface area contributed by atoms with Crippen LogP contribution in [0.3, 0.4) is 0 Å². The summed E-state index contributed by atoms with van der Waals surface area (Å²) >= 11 is 1.37. The van der Waals surface area contributed by atoms with E-state index in [1.54, 1.807) is 19.1 Å². The molecule has 0 radical (unpaired) electrons. The van der Waals surface area contributed by atoms with Crippen LogP contribution in [0.25, 0.3) is 21.3 Å². The van der Waals surface area contributed by atoms with Gasteiger partial charge in [0.1, 0.15) is 22.9 Å². The largest absolute Gasteiger partial charge is 0.466 e. The van der Waals surface area contributed by atoms with Crippen molar-refractivity contribution in [1.82, 2.24) is 9.97 Å². The smallest absolute Gasteiger partial charge is 0.313 e. The monoisotopic (exact) mass is 346 g/mol. The van der Waals surface area contributed by atoms with Gasteiger partial charge in [-0.05, 0) is 31.5 Å². The lowest BCUT2D eigenvalue weighted by atomic mass is 10.0. The summed E-state index contributed by atoms with van der Waals surface area (Å²) in [6.45, 7) is 3.88. The lowest BCUT2D eigenvalue weighted by Crippen LogP contribution is -2.16. The molecule has 5 nitrogen and oxygen atoms in total. The van der Waals surface area contributed by atoms with Crippen molar-refractivity contribution >= 4 is 27.5 Å². The molecular weight excluding hydrogens is 331 g/mol. The van der Waals surface area contributed by atoms with Gasteiger partial charge in [-0.1, -0.05) is 12.1 Å². The molecule has 24 heavy (non-hydrogen) atoms. The highest BCUT2D eigenvalue weighted by atomic mass is 32.1. The van der Waals surface area contributed by atoms with E-state index in [2.05, 4.69) is 9.97 Å². The Balaban J connectivity index is 2.10. The second-order valence-electron chi connectivity index (χ2n) is 5.21. The van der Waals surface area contributed by atoms with E-state index >= 15 is 0 Å². The number of carbonyl (C=O) groups excluding carboxylic acids is 1. The first kappa shape index (κ1) is 16.3. The first-order valence-corrected chi connectivity index (χ1v) is 8.25. The molecule has 0 saturated heterocycles. The number of hydrogen-bond acceptors (Lipinski definition) is 5. The van der Waals surface area contributed by atoms with Crippen LogP contribution in [-0.4, -0.2) is 22.5 Å². The van der Waals surface area contributed by atoms with Gasteiger partial charge in [-0.15, -0.1) is 11.3 Å². The molecule has 0 fully saturated rings. The van der Waals surface area contributed by atoms with Crippen LogP contribution in [0.5, 0.6) is 0 Å². The molecule has 1 N–H and O–H groups in total. The predicted molar refractivity (Wildman–Crippen MR) is 90.7 cm³/mol. The Bertz CT molecular complexity index is 960. The molecule has 0 aliphatic rings. The number of carbonyl (C=O) groups is 1. The molecule has 2 aromatic heterocycles. The highest BCUT2D eigenvalue weighted by molar-refractivity contribution is 7.19. The second-order valence-corrected chi connectivity index (χ2v) is 6.42. The number of thiophene rings is 1. The molecule has 3 aromatic rings. The number of aromatic nitrogens is 2. The number of nitrogens with zero attached hydrogens (tertiary/aromatic N) is 1. The van der Waals surface area contributed by atoms with Gasteiger partial charge < -0.3 is 9.72 Å². The van der Waals surface area contributed by atoms with E-state index in [0.717, 1.165) is 16.0 Å². The number of aromatic amines is 1. The van der Waals surface area contributed by atoms with Crippen LogP contribution in [-0.2, 0) is 16.0 Å². The molecule has 3 rings (SSSR count). The summed E-state index contributed by atoms with van der Waals surface area (Å²) < 4.78 is 18.0. The predicted octanol–water partition coefficient (Wildman–Crippen LogP) is 3.20. The molecule has 0 saturated carbocycles. The highest BCUT2D eigenvalue weighted by Crippen LogP contribution is 2.35. The summed E-state index contributed by atoms with van der Waals surface area (Å²) in [4.78, 5) is 32.5. The number of hydrogen-bond donors (Lipinski definition) is 1. The number of rotatable bonds is 4. The van der Waals surface area contributed by atoms with Gasteiger partial charge >= 0.3 is 5.97 Å². The molecule has 0 atom stereocenters. The molecule has 0 bridgehead atoms. The lowest BCUT2D eigenvalue weighted by molar-refractivity contribution is -0.142. The van der Waals surface area contributed by atoms with E-state index in [-0.39, 0.29) is 30.2 Å². The Morgan fingerprint density at radius 2 is 2.04 bits per heavy atom. The number of aryl methyl sites for hydroxylation is 1. The Morgan fingerprint density at radius 1 is 1.33 bits per heavy atom. The van der Waals surface area contributed by atoms with Crippen LogP contribution < -0.4 is 5.56 Å². The fraction of sp³-hybridized carbons (Fsp3) is 0.235. The molecule has 2 heterocycles. The number of H-pyrrole nitrogens is 1. The van der Waals surface area contributed by atoms with Crippen molar-refractivity contribution in [2.75, 3.05) is 6.61 Å². The molecule has 0 aliphatic carbocycles. The number of benzene rings is 1. The minimum absolute atomic E-state index is 0.0815. The molecule has 1 aromatic carbocycles. The lowest BCUT2D eigenvalue weighted by Gasteiger charge is -2.03. The van der Waals surface area contributed by atoms with E-state index in [0.29, 0.717) is 10.2 Å². The van der Waals surface area contributed by atoms with Gasteiger partial charge in [0.15, 0.2) is 0 Å². The zero-order valence-corrected chi connectivity index (χ0v) is 14.0. The molecule has 0 unspecified atom stereocenters. The maximum atomic E-state index is 13.1. The van der Waals surface area contributed by atoms with Gasteiger partial charge in [0, 0.05) is 10.4 Å². The standard InChI is InChI=1S/C17H15FN2O3S/c1-3-23-13(21)8-12-19-16(22)15-14(9(2)24-17(15)20-12)10-4-6-11(18)7-5-10/h4-7H,3,8H2,1-2H3,(H,19,20,22). The van der Waals surface area contributed by atoms with E-state index < -0.39 is 5.97 Å². The van der Waals surface area contributed by atoms with Gasteiger partial charge in [0.25, 0.3) is 5.56 Å². The first-order valence-electron chi connectivity index (χ1n) is 7.43. The maximum Gasteiger partial charge on any atom is 0.313 e. The number of ether oxygens (including phenoxy) is 1. The minimum atomic E-state index is -0.438. The summed E-state index contributed by atoms with van der Waals surface area (Å²) in [5.74, 6) is -0.496. The van der Waals surface area contributed by atoms with Crippen LogP contribution in [0.2, 0.25) is 0 Å². The van der Waals surface area contributed by atoms with Crippen molar-refractivity contribution < 1.29 is 13.9 Å². The van der Waals surface area contributed by atoms with E-state index in [1.165, 1.54) is 23.5 Å².